The minimum Gasteiger partial charge on any atom is -0.305 e. The minimum absolute atomic E-state index is 3.99. The topological polar surface area (TPSA) is 37.3 Å². The number of rotatable bonds is 1. The van der Waals surface area contributed by atoms with Crippen LogP contribution in [0.1, 0.15) is 0 Å². The fraction of sp³-hybridized carbons (Fsp3) is 1.00. The van der Waals surface area contributed by atoms with Gasteiger partial charge in [0.15, 0.2) is 11.1 Å². The van der Waals surface area contributed by atoms with E-state index in [-0.39, 0.29) is 0 Å². The average molecular weight is 216 g/mol. The van der Waals surface area contributed by atoms with Crippen LogP contribution in [0.3, 0.4) is 0 Å². The first-order valence-electron chi connectivity index (χ1n) is 2.30. The fourth-order valence-electron chi connectivity index (χ4n) is 0.414. The van der Waals surface area contributed by atoms with E-state index in [0.29, 0.717) is 0 Å². The lowest BCUT2D eigenvalue weighted by molar-refractivity contribution is -0.226. The van der Waals surface area contributed by atoms with Gasteiger partial charge in [-0.25, -0.2) is 4.21 Å². The van der Waals surface area contributed by atoms with E-state index in [2.05, 4.69) is 0 Å². The van der Waals surface area contributed by atoms with Gasteiger partial charge in [-0.15, -0.1) is 0 Å². The van der Waals surface area contributed by atoms with Crippen LogP contribution < -0.4 is 0 Å². The molecule has 0 heterocycles. The molecule has 0 radical (unpaired) electrons. The zero-order valence-corrected chi connectivity index (χ0v) is 5.93. The highest BCUT2D eigenvalue weighted by atomic mass is 32.2. The Kier molecular flexibility index (Phi) is 3.12. The molecule has 0 amide bonds. The van der Waals surface area contributed by atoms with Crippen LogP contribution in [-0.2, 0) is 11.1 Å². The third kappa shape index (κ3) is 2.97. The maximum atomic E-state index is 11.4. The largest absolute Gasteiger partial charge is 0.414 e. The van der Waals surface area contributed by atoms with Crippen LogP contribution in [0.15, 0.2) is 0 Å². The van der Waals surface area contributed by atoms with Crippen LogP contribution in [0.2, 0.25) is 0 Å². The molecule has 1 atom stereocenters. The molecule has 2 nitrogen and oxygen atoms in total. The second-order valence-electron chi connectivity index (χ2n) is 1.74. The maximum absolute atomic E-state index is 11.4. The summed E-state index contributed by atoms with van der Waals surface area (Å²) in [5, 5.41) is -4.19. The fourth-order valence-corrected chi connectivity index (χ4v) is 0.871. The van der Waals surface area contributed by atoms with Gasteiger partial charge in [-0.3, -0.25) is 0 Å². The van der Waals surface area contributed by atoms with Crippen molar-refractivity contribution in [3.8, 4) is 0 Å². The summed E-state index contributed by atoms with van der Waals surface area (Å²) in [5.41, 5.74) is 0. The summed E-state index contributed by atoms with van der Waals surface area (Å²) in [6.45, 7) is 0. The molecule has 0 spiro atoms. The molecule has 0 aliphatic rings. The summed E-state index contributed by atoms with van der Waals surface area (Å²) in [6.07, 6.45) is -11.5. The molecule has 0 aromatic rings. The Balaban J connectivity index is 4.82. The molecule has 0 fully saturated rings. The van der Waals surface area contributed by atoms with Crippen molar-refractivity contribution >= 4 is 11.1 Å². The van der Waals surface area contributed by atoms with Crippen LogP contribution >= 0.6 is 0 Å². The number of hydrogen-bond acceptors (Lipinski definition) is 1. The van der Waals surface area contributed by atoms with Crippen molar-refractivity contribution in [2.24, 2.45) is 0 Å². The van der Waals surface area contributed by atoms with E-state index in [4.69, 9.17) is 4.55 Å². The smallest absolute Gasteiger partial charge is 0.305 e. The highest BCUT2D eigenvalue weighted by Crippen LogP contribution is 2.36. The number of alkyl halides is 6. The maximum Gasteiger partial charge on any atom is 0.414 e. The van der Waals surface area contributed by atoms with Gasteiger partial charge in [0.05, 0.1) is 0 Å². The van der Waals surface area contributed by atoms with Crippen LogP contribution in [0.4, 0.5) is 26.3 Å². The first kappa shape index (κ1) is 11.7. The second-order valence-corrected chi connectivity index (χ2v) is 2.76. The molecule has 0 aliphatic carbocycles. The van der Waals surface area contributed by atoms with Crippen molar-refractivity contribution in [2.75, 3.05) is 0 Å². The van der Waals surface area contributed by atoms with Crippen LogP contribution in [-0.4, -0.2) is 26.4 Å². The van der Waals surface area contributed by atoms with Gasteiger partial charge in [0, 0.05) is 0 Å². The van der Waals surface area contributed by atoms with Gasteiger partial charge < -0.3 is 4.55 Å². The Morgan fingerprint density at radius 3 is 1.25 bits per heavy atom. The molecule has 1 N–H and O–H groups in total. The molecule has 12 heavy (non-hydrogen) atoms. The van der Waals surface area contributed by atoms with Crippen molar-refractivity contribution in [3.63, 3.8) is 0 Å². The molecule has 0 aromatic heterocycles. The SMILES string of the molecule is O=S(O)C(C(F)(F)F)C(F)(F)F. The van der Waals surface area contributed by atoms with Gasteiger partial charge in [-0.05, 0) is 0 Å². The monoisotopic (exact) mass is 216 g/mol. The van der Waals surface area contributed by atoms with E-state index < -0.39 is 28.7 Å². The number of halogens is 6. The molecule has 0 bridgehead atoms. The van der Waals surface area contributed by atoms with Crippen LogP contribution in [0.5, 0.6) is 0 Å². The zero-order valence-electron chi connectivity index (χ0n) is 5.11. The van der Waals surface area contributed by atoms with Gasteiger partial charge in [-0.1, -0.05) is 0 Å². The van der Waals surface area contributed by atoms with E-state index in [1.807, 2.05) is 0 Å². The molecule has 0 aromatic carbocycles. The summed E-state index contributed by atoms with van der Waals surface area (Å²) < 4.78 is 85.7. The van der Waals surface area contributed by atoms with E-state index in [0.717, 1.165) is 0 Å². The van der Waals surface area contributed by atoms with Gasteiger partial charge in [-0.2, -0.15) is 26.3 Å². The molecular weight excluding hydrogens is 214 g/mol. The molecule has 0 aliphatic heterocycles. The summed E-state index contributed by atoms with van der Waals surface area (Å²) in [4.78, 5) is 0. The third-order valence-electron chi connectivity index (χ3n) is 0.796. The van der Waals surface area contributed by atoms with E-state index in [9.17, 15) is 30.6 Å². The minimum atomic E-state index is -5.75. The van der Waals surface area contributed by atoms with Crippen molar-refractivity contribution in [3.05, 3.63) is 0 Å². The molecule has 0 rings (SSSR count). The Hall–Kier alpha value is -0.310. The highest BCUT2D eigenvalue weighted by Gasteiger charge is 2.60. The normalized spacial score (nSPS) is 16.7. The lowest BCUT2D eigenvalue weighted by Crippen LogP contribution is -2.45. The quantitative estimate of drug-likeness (QED) is 0.535. The lowest BCUT2D eigenvalue weighted by Gasteiger charge is -2.18. The zero-order chi connectivity index (χ0) is 10.2. The van der Waals surface area contributed by atoms with Crippen LogP contribution in [0.25, 0.3) is 0 Å². The molecule has 0 saturated carbocycles. The third-order valence-corrected chi connectivity index (χ3v) is 1.73. The first-order valence-corrected chi connectivity index (χ1v) is 3.47. The van der Waals surface area contributed by atoms with Gasteiger partial charge >= 0.3 is 12.4 Å². The lowest BCUT2D eigenvalue weighted by atomic mass is 10.4. The second kappa shape index (κ2) is 3.21. The standard InChI is InChI=1S/C3H2F6O2S/c4-2(5,6)1(12(10)11)3(7,8)9/h1H,(H,10,11). The molecule has 1 unspecified atom stereocenters. The van der Waals surface area contributed by atoms with E-state index in [1.54, 1.807) is 0 Å². The van der Waals surface area contributed by atoms with Crippen molar-refractivity contribution in [1.29, 1.82) is 0 Å². The molecule has 74 valence electrons. The van der Waals surface area contributed by atoms with Gasteiger partial charge in [0.25, 0.3) is 5.25 Å². The van der Waals surface area contributed by atoms with E-state index in [1.165, 1.54) is 0 Å². The Morgan fingerprint density at radius 2 is 1.25 bits per heavy atom. The van der Waals surface area contributed by atoms with Crippen molar-refractivity contribution in [1.82, 2.24) is 0 Å². The predicted molar refractivity (Wildman–Crippen MR) is 26.7 cm³/mol. The van der Waals surface area contributed by atoms with Crippen molar-refractivity contribution in [2.45, 2.75) is 17.6 Å². The predicted octanol–water partition coefficient (Wildman–Crippen LogP) is 1.70. The van der Waals surface area contributed by atoms with Gasteiger partial charge in [0.2, 0.25) is 0 Å². The molecular formula is C3H2F6O2S. The highest BCUT2D eigenvalue weighted by molar-refractivity contribution is 7.80. The van der Waals surface area contributed by atoms with Crippen molar-refractivity contribution < 1.29 is 35.1 Å². The van der Waals surface area contributed by atoms with Gasteiger partial charge in [0.1, 0.15) is 0 Å². The summed E-state index contributed by atoms with van der Waals surface area (Å²) in [5.74, 6) is 0. The number of hydrogen-bond donors (Lipinski definition) is 1. The Bertz CT molecular complexity index is 168. The summed E-state index contributed by atoms with van der Waals surface area (Å²) >= 11 is -3.99. The summed E-state index contributed by atoms with van der Waals surface area (Å²) in [7, 11) is 0. The summed E-state index contributed by atoms with van der Waals surface area (Å²) in [6, 6.07) is 0. The Labute approximate surface area is 64.8 Å². The Morgan fingerprint density at radius 1 is 1.00 bits per heavy atom. The molecule has 0 saturated heterocycles. The van der Waals surface area contributed by atoms with E-state index >= 15 is 0 Å². The van der Waals surface area contributed by atoms with Crippen LogP contribution in [0, 0.1) is 0 Å². The first-order chi connectivity index (χ1) is 5.07. The average Bonchev–Trinajstić information content (AvgIpc) is 1.49. The molecule has 9 heteroatoms.